The van der Waals surface area contributed by atoms with Crippen molar-refractivity contribution < 1.29 is 41.1 Å². The highest BCUT2D eigenvalue weighted by Crippen LogP contribution is 2.38. The Labute approximate surface area is 668 Å². The molecule has 5 aliphatic heterocycles. The van der Waals surface area contributed by atoms with Crippen molar-refractivity contribution in [2.24, 2.45) is 0 Å². The number of aromatic amines is 5. The number of nitrogens with zero attached hydrogens (tertiary/aromatic N) is 14. The molecule has 0 bridgehead atoms. The van der Waals surface area contributed by atoms with Crippen molar-refractivity contribution >= 4 is 173 Å². The van der Waals surface area contributed by atoms with Gasteiger partial charge >= 0.3 is 0 Å². The lowest BCUT2D eigenvalue weighted by Crippen LogP contribution is -2.58. The lowest BCUT2D eigenvalue weighted by Gasteiger charge is -2.45. The number of methoxy groups -OCH3 is 1. The minimum Gasteiger partial charge on any atom is -0.381 e. The van der Waals surface area contributed by atoms with Crippen LogP contribution in [0.2, 0.25) is 25.1 Å². The minimum absolute atomic E-state index is 0.0386. The number of aromatic nitrogens is 10. The lowest BCUT2D eigenvalue weighted by molar-refractivity contribution is -0.148. The Bertz CT molecular complexity index is 5290. The van der Waals surface area contributed by atoms with Crippen LogP contribution < -0.4 is 24.3 Å². The molecule has 592 valence electrons. The van der Waals surface area contributed by atoms with E-state index in [1.165, 1.54) is 32.3 Å². The Hall–Kier alpha value is -8.57. The maximum Gasteiger partial charge on any atom is 0.279 e. The summed E-state index contributed by atoms with van der Waals surface area (Å²) in [5.41, 5.74) is 9.35. The van der Waals surface area contributed by atoms with Crippen molar-refractivity contribution in [3.63, 3.8) is 0 Å². The van der Waals surface area contributed by atoms with E-state index in [2.05, 4.69) is 89.2 Å². The van der Waals surface area contributed by atoms with Gasteiger partial charge < -0.3 is 44.1 Å². The molecule has 0 spiro atoms. The molecular weight excluding hydrogens is 1570 g/mol. The number of H-pyrrole nitrogens is 5. The molecule has 29 nitrogen and oxygen atoms in total. The van der Waals surface area contributed by atoms with Crippen LogP contribution in [-0.4, -0.2) is 257 Å². The average molecular weight is 1660 g/mol. The van der Waals surface area contributed by atoms with Crippen LogP contribution in [-0.2, 0) is 45.1 Å². The summed E-state index contributed by atoms with van der Waals surface area (Å²) in [5.74, 6) is 0.288. The van der Waals surface area contributed by atoms with E-state index in [9.17, 15) is 36.3 Å². The number of hydrogen-bond acceptors (Lipinski definition) is 18. The summed E-state index contributed by atoms with van der Waals surface area (Å²) in [6.45, 7) is 19.2. The maximum atomic E-state index is 12.7. The predicted octanol–water partition coefficient (Wildman–Crippen LogP) is 10.5. The number of hydrogen-bond donors (Lipinski definition) is 7. The summed E-state index contributed by atoms with van der Waals surface area (Å²) >= 11 is 30.9. The number of ether oxygens (including phenoxy) is 1. The normalized spacial score (nSPS) is 17.8. The SMILES string of the molecule is CC(=O)N1[C@H](C)CN(c2cc(Cl)cc3[nH]ncc23)C[C@@H]1C.CC(C)(O)C(=O)N1CCN(c2cc(Cl)cc3[nH]ncc23)CC1.CNS(=O)(=O)N1CCN(c2cc(Cl)cc3[nH]ncc23)CC1.COCC(=O)N1CCN(c2cc(Cl)cc3[nH]ncc23)CC1.O=S(=O)(Cc1ccccc1)N1CCC(c2cc(Cl)cc3[nH]ncc23)CC1. The zero-order valence-corrected chi connectivity index (χ0v) is 68.0. The molecule has 5 saturated heterocycles. The highest BCUT2D eigenvalue weighted by molar-refractivity contribution is 7.88. The summed E-state index contributed by atoms with van der Waals surface area (Å²) in [5, 5.41) is 53.5. The third-order valence-corrected chi connectivity index (χ3v) is 25.0. The molecule has 11 aromatic rings. The molecule has 0 aliphatic carbocycles. The van der Waals surface area contributed by atoms with Gasteiger partial charge in [-0.15, -0.1) is 0 Å². The first-order chi connectivity index (χ1) is 53.1. The van der Waals surface area contributed by atoms with Crippen LogP contribution in [0.1, 0.15) is 64.5 Å². The third-order valence-electron chi connectivity index (χ3n) is 20.5. The quantitative estimate of drug-likeness (QED) is 0.0564. The van der Waals surface area contributed by atoms with Crippen LogP contribution in [0.15, 0.2) is 122 Å². The molecule has 3 amide bonds. The van der Waals surface area contributed by atoms with E-state index < -0.39 is 25.8 Å². The number of fused-ring (bicyclic) bond motifs is 5. The topological polar surface area (TPSA) is 334 Å². The van der Waals surface area contributed by atoms with Crippen molar-refractivity contribution in [1.29, 1.82) is 0 Å². The van der Waals surface area contributed by atoms with Crippen LogP contribution in [0.3, 0.4) is 0 Å². The van der Waals surface area contributed by atoms with Crippen molar-refractivity contribution in [2.45, 2.75) is 76.8 Å². The van der Waals surface area contributed by atoms with Crippen molar-refractivity contribution in [2.75, 3.05) is 145 Å². The summed E-state index contributed by atoms with van der Waals surface area (Å²) in [6.07, 6.45) is 10.6. The molecule has 16 rings (SSSR count). The molecule has 5 aromatic heterocycles. The first-order valence-electron chi connectivity index (χ1n) is 36.5. The second kappa shape index (κ2) is 35.6. The smallest absolute Gasteiger partial charge is 0.279 e. The van der Waals surface area contributed by atoms with E-state index in [1.54, 1.807) is 28.5 Å². The number of halogens is 5. The second-order valence-corrected chi connectivity index (χ2v) is 34.6. The van der Waals surface area contributed by atoms with E-state index in [0.29, 0.717) is 104 Å². The first kappa shape index (κ1) is 81.9. The van der Waals surface area contributed by atoms with Gasteiger partial charge in [0.2, 0.25) is 21.8 Å². The van der Waals surface area contributed by atoms with Gasteiger partial charge in [0, 0.05) is 213 Å². The van der Waals surface area contributed by atoms with E-state index in [1.807, 2.05) is 119 Å². The third kappa shape index (κ3) is 19.6. The highest BCUT2D eigenvalue weighted by atomic mass is 35.5. The summed E-state index contributed by atoms with van der Waals surface area (Å²) in [6, 6.07) is 28.7. The van der Waals surface area contributed by atoms with Crippen molar-refractivity contribution in [3.05, 3.63) is 158 Å². The maximum absolute atomic E-state index is 12.7. The summed E-state index contributed by atoms with van der Waals surface area (Å²) in [7, 11) is -3.69. The van der Waals surface area contributed by atoms with Crippen LogP contribution in [0.25, 0.3) is 54.5 Å². The number of carbonyl (C=O) groups excluding carboxylic acids is 3. The van der Waals surface area contributed by atoms with Gasteiger partial charge in [0.1, 0.15) is 12.2 Å². The van der Waals surface area contributed by atoms with E-state index >= 15 is 0 Å². The monoisotopic (exact) mass is 1650 g/mol. The molecular formula is C75H91Cl5N20O9S2. The largest absolute Gasteiger partial charge is 0.381 e. The van der Waals surface area contributed by atoms with Gasteiger partial charge in [-0.3, -0.25) is 39.9 Å². The fraction of sp³-hybridized carbons (Fsp3) is 0.413. The predicted molar refractivity (Wildman–Crippen MR) is 439 cm³/mol. The Balaban J connectivity index is 0.000000129. The molecule has 0 radical (unpaired) electrons. The summed E-state index contributed by atoms with van der Waals surface area (Å²) < 4.78 is 59.3. The molecule has 0 unspecified atom stereocenters. The zero-order valence-electron chi connectivity index (χ0n) is 62.6. The number of amides is 3. The second-order valence-electron chi connectivity index (χ2n) is 28.5. The van der Waals surface area contributed by atoms with E-state index in [-0.39, 0.29) is 48.1 Å². The molecule has 6 aromatic carbocycles. The molecule has 36 heteroatoms. The Morgan fingerprint density at radius 1 is 0.514 bits per heavy atom. The molecule has 0 saturated carbocycles. The number of anilines is 4. The Kier molecular flexibility index (Phi) is 26.3. The molecule has 2 atom stereocenters. The Morgan fingerprint density at radius 3 is 1.27 bits per heavy atom. The molecule has 10 heterocycles. The fourth-order valence-corrected chi connectivity index (χ4v) is 18.7. The van der Waals surface area contributed by atoms with Crippen LogP contribution >= 0.6 is 58.0 Å². The Morgan fingerprint density at radius 2 is 0.883 bits per heavy atom. The minimum atomic E-state index is -3.35. The number of piperidine rings is 1. The average Bonchev–Trinajstić information content (AvgIpc) is 1.78. The molecule has 7 N–H and O–H groups in total. The van der Waals surface area contributed by atoms with Gasteiger partial charge in [0.25, 0.3) is 16.1 Å². The van der Waals surface area contributed by atoms with Gasteiger partial charge in [-0.2, -0.15) is 38.2 Å². The van der Waals surface area contributed by atoms with Gasteiger partial charge in [0.05, 0.1) is 64.3 Å². The van der Waals surface area contributed by atoms with Gasteiger partial charge in [-0.25, -0.2) is 17.4 Å². The number of sulfonamides is 1. The van der Waals surface area contributed by atoms with Crippen LogP contribution in [0.4, 0.5) is 22.7 Å². The zero-order chi connectivity index (χ0) is 79.1. The van der Waals surface area contributed by atoms with Crippen LogP contribution in [0, 0.1) is 0 Å². The van der Waals surface area contributed by atoms with E-state index in [0.717, 1.165) is 127 Å². The molecule has 5 aliphatic rings. The molecule has 111 heavy (non-hydrogen) atoms. The number of piperazine rings is 4. The molecule has 5 fully saturated rings. The highest BCUT2D eigenvalue weighted by Gasteiger charge is 2.36. The standard InChI is InChI=1S/C19H20ClN3O2S.C15H19ClN4O2.C15H19ClN4O.C14H17ClN4O2.C12H16ClN5O2S/c20-16-10-17(18-12-21-22-19(18)11-16)15-6-8-23(9-7-15)26(24,25)13-14-4-2-1-3-5-14;1-15(2,22)14(21)20-5-3-19(4-6-20)13-8-10(16)7-12-11(13)9-17-18-12;1-9-7-19(8-10(2)20(9)11(3)21)15-5-12(16)4-14-13(15)6-17-18-14;1-21-9-14(20)19-4-2-18(3-5-19)13-7-10(15)6-12-11(13)8-16-17-12;1-14-21(19,20)18-4-2-17(3-5-18)12-7-9(13)6-11-10(12)8-15-16-11/h1-5,10-12,15H,6-9,13H2,(H,21,22);7-9,22H,3-6H2,1-2H3,(H,17,18);4-6,9-10H,7-8H2,1-3H3,(H,17,18);6-8H,2-5,9H2,1H3,(H,16,17);6-8,14H,2-5H2,1H3,(H,15,16)/t;;9-,10+;;. The summed E-state index contributed by atoms with van der Waals surface area (Å²) in [4.78, 5) is 50.0. The fourth-order valence-electron chi connectivity index (χ4n) is 15.1. The first-order valence-corrected chi connectivity index (χ1v) is 41.4. The van der Waals surface area contributed by atoms with Gasteiger partial charge in [0.15, 0.2) is 0 Å². The van der Waals surface area contributed by atoms with Gasteiger partial charge in [-0.05, 0) is 118 Å². The van der Waals surface area contributed by atoms with E-state index in [4.69, 9.17) is 62.7 Å². The number of nitrogens with one attached hydrogen (secondary N) is 6. The van der Waals surface area contributed by atoms with Crippen molar-refractivity contribution in [1.82, 2.24) is 79.0 Å². The number of benzene rings is 6. The number of carbonyl (C=O) groups is 3. The number of aliphatic hydroxyl groups is 1. The van der Waals surface area contributed by atoms with Crippen molar-refractivity contribution in [3.8, 4) is 0 Å². The van der Waals surface area contributed by atoms with Crippen LogP contribution in [0.5, 0.6) is 0 Å². The number of rotatable bonds is 13. The lowest BCUT2D eigenvalue weighted by atomic mass is 9.88. The van der Waals surface area contributed by atoms with Gasteiger partial charge in [-0.1, -0.05) is 88.3 Å².